The Labute approximate surface area is 191 Å². The molecule has 1 unspecified atom stereocenters. The van der Waals surface area contributed by atoms with Crippen LogP contribution < -0.4 is 15.2 Å². The molecular formula is C24H27N3O4S. The number of hydrogen-bond acceptors (Lipinski definition) is 6. The molecule has 0 fully saturated rings. The van der Waals surface area contributed by atoms with Crippen LogP contribution in [0.25, 0.3) is 11.6 Å². The third kappa shape index (κ3) is 3.69. The number of nitrogens with one attached hydrogen (secondary N) is 1. The first-order valence-corrected chi connectivity index (χ1v) is 11.4. The number of anilines is 1. The van der Waals surface area contributed by atoms with Crippen molar-refractivity contribution in [1.29, 1.82) is 0 Å². The van der Waals surface area contributed by atoms with Gasteiger partial charge < -0.3 is 20.2 Å². The molecule has 1 atom stereocenters. The molecule has 2 amide bonds. The number of likely N-dealkylation sites (N-methyl/N-ethyl adjacent to an activating group) is 2. The topological polar surface area (TPSA) is 82.1 Å². The summed E-state index contributed by atoms with van der Waals surface area (Å²) in [6.45, 7) is 4.79. The molecule has 168 valence electrons. The maximum atomic E-state index is 12.7. The van der Waals surface area contributed by atoms with Crippen LogP contribution in [0.2, 0.25) is 0 Å². The normalized spacial score (nSPS) is 16.7. The van der Waals surface area contributed by atoms with Gasteiger partial charge in [0, 0.05) is 32.1 Å². The minimum absolute atomic E-state index is 0.0827. The van der Waals surface area contributed by atoms with Gasteiger partial charge in [-0.1, -0.05) is 30.7 Å². The first-order chi connectivity index (χ1) is 15.4. The highest BCUT2D eigenvalue weighted by Crippen LogP contribution is 2.46. The Morgan fingerprint density at radius 3 is 2.88 bits per heavy atom. The lowest BCUT2D eigenvalue weighted by molar-refractivity contribution is -0.115. The van der Waals surface area contributed by atoms with Gasteiger partial charge in [-0.3, -0.25) is 9.59 Å². The lowest BCUT2D eigenvalue weighted by Crippen LogP contribution is -2.30. The van der Waals surface area contributed by atoms with Crippen LogP contribution in [0.15, 0.2) is 35.9 Å². The smallest absolute Gasteiger partial charge is 0.263 e. The number of amides is 2. The van der Waals surface area contributed by atoms with Crippen molar-refractivity contribution in [3.8, 4) is 5.75 Å². The fourth-order valence-electron chi connectivity index (χ4n) is 4.13. The molecule has 0 bridgehead atoms. The third-order valence-corrected chi connectivity index (χ3v) is 7.10. The van der Waals surface area contributed by atoms with E-state index in [1.807, 2.05) is 43.3 Å². The van der Waals surface area contributed by atoms with Crippen molar-refractivity contribution in [2.45, 2.75) is 19.8 Å². The Balaban J connectivity index is 1.68. The molecule has 1 aliphatic heterocycles. The van der Waals surface area contributed by atoms with E-state index >= 15 is 0 Å². The van der Waals surface area contributed by atoms with E-state index in [1.165, 1.54) is 16.2 Å². The van der Waals surface area contributed by atoms with Crippen LogP contribution in [0.1, 0.15) is 45.4 Å². The van der Waals surface area contributed by atoms with Gasteiger partial charge in [0.25, 0.3) is 11.8 Å². The summed E-state index contributed by atoms with van der Waals surface area (Å²) in [7, 11) is 3.30. The second-order valence-electron chi connectivity index (χ2n) is 7.94. The number of carbonyl (C=O) groups is 2. The van der Waals surface area contributed by atoms with Crippen molar-refractivity contribution in [2.75, 3.05) is 38.9 Å². The van der Waals surface area contributed by atoms with Crippen LogP contribution in [-0.2, 0) is 4.79 Å². The number of fused-ring (bicyclic) bond motifs is 2. The summed E-state index contributed by atoms with van der Waals surface area (Å²) < 4.78 is 0. The van der Waals surface area contributed by atoms with Gasteiger partial charge in [-0.25, -0.2) is 5.06 Å². The highest BCUT2D eigenvalue weighted by molar-refractivity contribution is 7.15. The van der Waals surface area contributed by atoms with E-state index in [0.717, 1.165) is 27.3 Å². The van der Waals surface area contributed by atoms with Crippen molar-refractivity contribution in [1.82, 2.24) is 10.2 Å². The number of aliphatic hydroxyl groups excluding tert-OH is 1. The molecule has 2 N–H and O–H groups in total. The van der Waals surface area contributed by atoms with Crippen molar-refractivity contribution < 1.29 is 19.5 Å². The second kappa shape index (κ2) is 8.80. The Kier molecular flexibility index (Phi) is 6.08. The maximum absolute atomic E-state index is 12.7. The van der Waals surface area contributed by atoms with Crippen LogP contribution in [0.3, 0.4) is 0 Å². The zero-order chi connectivity index (χ0) is 23.0. The summed E-state index contributed by atoms with van der Waals surface area (Å²) in [4.78, 5) is 34.7. The average Bonchev–Trinajstić information content (AvgIpc) is 3.34. The van der Waals surface area contributed by atoms with Gasteiger partial charge in [-0.05, 0) is 30.7 Å². The molecule has 4 rings (SSSR count). The Morgan fingerprint density at radius 2 is 2.16 bits per heavy atom. The average molecular weight is 454 g/mol. The van der Waals surface area contributed by atoms with Gasteiger partial charge in [0.1, 0.15) is 0 Å². The SMILES string of the molecule is CNC(=O)C1=C(C)C(C)c2cccc(ON3CC=Cc4sc(C(=O)N(C)CCO)cc43)c21. The molecule has 0 spiro atoms. The van der Waals surface area contributed by atoms with Crippen LogP contribution in [0.5, 0.6) is 5.75 Å². The number of rotatable bonds is 6. The lowest BCUT2D eigenvalue weighted by atomic mass is 9.99. The van der Waals surface area contributed by atoms with Crippen molar-refractivity contribution >= 4 is 40.5 Å². The van der Waals surface area contributed by atoms with Crippen molar-refractivity contribution in [2.24, 2.45) is 0 Å². The summed E-state index contributed by atoms with van der Waals surface area (Å²) in [5.41, 5.74) is 4.37. The molecule has 2 aliphatic rings. The van der Waals surface area contributed by atoms with Gasteiger partial charge in [-0.15, -0.1) is 11.3 Å². The van der Waals surface area contributed by atoms with Gasteiger partial charge in [0.2, 0.25) is 0 Å². The molecule has 1 aliphatic carbocycles. The molecule has 0 saturated carbocycles. The summed E-state index contributed by atoms with van der Waals surface area (Å²) in [6.07, 6.45) is 3.97. The van der Waals surface area contributed by atoms with Crippen LogP contribution >= 0.6 is 11.3 Å². The molecule has 2 aromatic rings. The standard InChI is InChI=1S/C24H27N3O4S/c1-14-15(2)21(23(29)25-3)22-16(14)7-5-8-18(22)31-27-10-6-9-19-17(27)13-20(32-19)24(30)26(4)11-12-28/h5-9,13-14,28H,10-12H2,1-4H3,(H,25,29). The minimum atomic E-state index is -0.137. The van der Waals surface area contributed by atoms with E-state index < -0.39 is 0 Å². The maximum Gasteiger partial charge on any atom is 0.263 e. The van der Waals surface area contributed by atoms with E-state index in [2.05, 4.69) is 12.2 Å². The molecule has 0 radical (unpaired) electrons. The number of nitrogens with zero attached hydrogens (tertiary/aromatic N) is 2. The second-order valence-corrected chi connectivity index (χ2v) is 9.03. The first-order valence-electron chi connectivity index (χ1n) is 10.6. The highest BCUT2D eigenvalue weighted by atomic mass is 32.1. The Hall–Kier alpha value is -3.10. The number of hydroxylamine groups is 1. The van der Waals surface area contributed by atoms with Crippen LogP contribution in [0, 0.1) is 0 Å². The molecule has 0 saturated heterocycles. The number of benzene rings is 1. The summed E-state index contributed by atoms with van der Waals surface area (Å²) in [5.74, 6) is 0.480. The fourth-order valence-corrected chi connectivity index (χ4v) is 5.21. The number of hydrogen-bond donors (Lipinski definition) is 2. The van der Waals surface area contributed by atoms with E-state index in [0.29, 0.717) is 22.7 Å². The molecule has 1 aromatic carbocycles. The predicted octanol–water partition coefficient (Wildman–Crippen LogP) is 3.28. The number of allylic oxidation sites excluding steroid dienone is 1. The van der Waals surface area contributed by atoms with Crippen molar-refractivity contribution in [3.63, 3.8) is 0 Å². The molecule has 2 heterocycles. The van der Waals surface area contributed by atoms with Gasteiger partial charge in [-0.2, -0.15) is 0 Å². The number of thiophene rings is 1. The van der Waals surface area contributed by atoms with Crippen LogP contribution in [0.4, 0.5) is 5.69 Å². The van der Waals surface area contributed by atoms with E-state index in [9.17, 15) is 9.59 Å². The largest absolute Gasteiger partial charge is 0.395 e. The highest BCUT2D eigenvalue weighted by Gasteiger charge is 2.33. The lowest BCUT2D eigenvalue weighted by Gasteiger charge is -2.26. The number of aliphatic hydroxyl groups is 1. The van der Waals surface area contributed by atoms with E-state index in [-0.39, 0.29) is 30.9 Å². The quantitative estimate of drug-likeness (QED) is 0.702. The monoisotopic (exact) mass is 453 g/mol. The number of carbonyl (C=O) groups excluding carboxylic acids is 2. The Morgan fingerprint density at radius 1 is 1.38 bits per heavy atom. The molecule has 8 heteroatoms. The van der Waals surface area contributed by atoms with E-state index in [1.54, 1.807) is 19.2 Å². The van der Waals surface area contributed by atoms with Crippen LogP contribution in [-0.4, -0.2) is 55.6 Å². The summed E-state index contributed by atoms with van der Waals surface area (Å²) >= 11 is 1.39. The predicted molar refractivity (Wildman–Crippen MR) is 127 cm³/mol. The fraction of sp³-hybridized carbons (Fsp3) is 0.333. The zero-order valence-electron chi connectivity index (χ0n) is 18.6. The minimum Gasteiger partial charge on any atom is -0.395 e. The Bertz CT molecular complexity index is 1130. The molecule has 1 aromatic heterocycles. The molecular weight excluding hydrogens is 426 g/mol. The van der Waals surface area contributed by atoms with E-state index in [4.69, 9.17) is 9.94 Å². The third-order valence-electron chi connectivity index (χ3n) is 6.02. The molecule has 32 heavy (non-hydrogen) atoms. The molecule has 7 nitrogen and oxygen atoms in total. The van der Waals surface area contributed by atoms with Gasteiger partial charge in [0.05, 0.1) is 34.2 Å². The van der Waals surface area contributed by atoms with Gasteiger partial charge >= 0.3 is 0 Å². The summed E-state index contributed by atoms with van der Waals surface area (Å²) in [6, 6.07) is 7.68. The summed E-state index contributed by atoms with van der Waals surface area (Å²) in [5, 5.41) is 13.6. The first kappa shape index (κ1) is 22.1. The van der Waals surface area contributed by atoms with Gasteiger partial charge in [0.15, 0.2) is 5.75 Å². The zero-order valence-corrected chi connectivity index (χ0v) is 19.5. The van der Waals surface area contributed by atoms with Crippen molar-refractivity contribution in [3.05, 3.63) is 56.8 Å².